The summed E-state index contributed by atoms with van der Waals surface area (Å²) >= 11 is 1.09. The predicted octanol–water partition coefficient (Wildman–Crippen LogP) is 3.20. The molecule has 28 heavy (non-hydrogen) atoms. The standard InChI is InChI=1S/C18H20FN3O4S2/c1-28(23,24)26-11-17-20-18(21-27-17)15-10-22(9-12-4-6-25-7-5-12)16-8-13(19)2-3-14(15)16/h2-3,8,10,12H,4-7,9,11H2,1H3. The second-order valence-corrected chi connectivity index (χ2v) is 9.37. The molecular formula is C18H20FN3O4S2. The summed E-state index contributed by atoms with van der Waals surface area (Å²) in [5, 5.41) is 1.33. The molecule has 1 aliphatic rings. The quantitative estimate of drug-likeness (QED) is 0.564. The summed E-state index contributed by atoms with van der Waals surface area (Å²) in [6.45, 7) is 2.13. The van der Waals surface area contributed by atoms with Gasteiger partial charge in [-0.3, -0.25) is 4.18 Å². The van der Waals surface area contributed by atoms with E-state index in [0.29, 0.717) is 16.7 Å². The van der Waals surface area contributed by atoms with Gasteiger partial charge in [0, 0.05) is 36.9 Å². The third-order valence-electron chi connectivity index (χ3n) is 4.75. The fourth-order valence-electron chi connectivity index (χ4n) is 3.38. The highest BCUT2D eigenvalue weighted by atomic mass is 32.2. The number of nitrogens with zero attached hydrogens (tertiary/aromatic N) is 3. The second-order valence-electron chi connectivity index (χ2n) is 6.89. The molecule has 150 valence electrons. The van der Waals surface area contributed by atoms with Gasteiger partial charge in [-0.2, -0.15) is 12.8 Å². The average molecular weight is 426 g/mol. The van der Waals surface area contributed by atoms with Crippen LogP contribution in [-0.2, 0) is 32.2 Å². The SMILES string of the molecule is CS(=O)(=O)OCc1nc(-c2cn(CC3CCOCC3)c3cc(F)ccc23)ns1. The maximum absolute atomic E-state index is 13.9. The number of fused-ring (bicyclic) bond motifs is 1. The van der Waals surface area contributed by atoms with Crippen LogP contribution in [0.15, 0.2) is 24.4 Å². The van der Waals surface area contributed by atoms with Crippen LogP contribution in [0.25, 0.3) is 22.3 Å². The smallest absolute Gasteiger partial charge is 0.264 e. The molecule has 2 aromatic heterocycles. The maximum atomic E-state index is 13.9. The number of hydrogen-bond donors (Lipinski definition) is 0. The zero-order chi connectivity index (χ0) is 19.7. The highest BCUT2D eigenvalue weighted by molar-refractivity contribution is 7.85. The van der Waals surface area contributed by atoms with Gasteiger partial charge in [-0.05, 0) is 48.5 Å². The Morgan fingerprint density at radius 1 is 1.36 bits per heavy atom. The molecule has 0 atom stereocenters. The van der Waals surface area contributed by atoms with Gasteiger partial charge in [0.2, 0.25) is 0 Å². The first-order valence-corrected chi connectivity index (χ1v) is 11.5. The first kappa shape index (κ1) is 19.4. The molecule has 0 radical (unpaired) electrons. The minimum absolute atomic E-state index is 0.147. The lowest BCUT2D eigenvalue weighted by molar-refractivity contribution is 0.0616. The van der Waals surface area contributed by atoms with Crippen molar-refractivity contribution in [1.29, 1.82) is 0 Å². The molecule has 7 nitrogen and oxygen atoms in total. The van der Waals surface area contributed by atoms with Crippen molar-refractivity contribution in [2.45, 2.75) is 26.0 Å². The molecule has 1 fully saturated rings. The van der Waals surface area contributed by atoms with E-state index in [1.54, 1.807) is 6.07 Å². The van der Waals surface area contributed by atoms with Gasteiger partial charge < -0.3 is 9.30 Å². The number of rotatable bonds is 6. The zero-order valence-electron chi connectivity index (χ0n) is 15.3. The molecule has 10 heteroatoms. The van der Waals surface area contributed by atoms with E-state index in [0.717, 1.165) is 66.9 Å². The number of ether oxygens (including phenoxy) is 1. The van der Waals surface area contributed by atoms with Gasteiger partial charge in [0.1, 0.15) is 17.4 Å². The van der Waals surface area contributed by atoms with E-state index in [1.165, 1.54) is 12.1 Å². The molecule has 0 N–H and O–H groups in total. The molecule has 1 aromatic carbocycles. The van der Waals surface area contributed by atoms with Crippen molar-refractivity contribution >= 4 is 32.6 Å². The molecule has 0 unspecified atom stereocenters. The maximum Gasteiger partial charge on any atom is 0.264 e. The van der Waals surface area contributed by atoms with Crippen molar-refractivity contribution in [2.75, 3.05) is 19.5 Å². The van der Waals surface area contributed by atoms with Crippen LogP contribution in [0.5, 0.6) is 0 Å². The summed E-state index contributed by atoms with van der Waals surface area (Å²) < 4.78 is 52.8. The largest absolute Gasteiger partial charge is 0.381 e. The van der Waals surface area contributed by atoms with Crippen molar-refractivity contribution in [2.24, 2.45) is 5.92 Å². The van der Waals surface area contributed by atoms with Crippen molar-refractivity contribution < 1.29 is 21.7 Å². The third-order valence-corrected chi connectivity index (χ3v) is 5.98. The molecule has 4 rings (SSSR count). The molecule has 3 aromatic rings. The Labute approximate surface area is 166 Å². The lowest BCUT2D eigenvalue weighted by Gasteiger charge is -2.22. The predicted molar refractivity (Wildman–Crippen MR) is 104 cm³/mol. The lowest BCUT2D eigenvalue weighted by atomic mass is 10.0. The van der Waals surface area contributed by atoms with Crippen LogP contribution in [0.3, 0.4) is 0 Å². The Balaban J connectivity index is 1.66. The van der Waals surface area contributed by atoms with Crippen LogP contribution in [-0.4, -0.2) is 41.8 Å². The van der Waals surface area contributed by atoms with E-state index < -0.39 is 10.1 Å². The Morgan fingerprint density at radius 2 is 2.14 bits per heavy atom. The van der Waals surface area contributed by atoms with Gasteiger partial charge in [0.25, 0.3) is 10.1 Å². The molecule has 0 bridgehead atoms. The first-order chi connectivity index (χ1) is 13.4. The van der Waals surface area contributed by atoms with Crippen LogP contribution in [0.1, 0.15) is 17.8 Å². The Morgan fingerprint density at radius 3 is 2.89 bits per heavy atom. The van der Waals surface area contributed by atoms with Crippen molar-refractivity contribution in [3.05, 3.63) is 35.2 Å². The summed E-state index contributed by atoms with van der Waals surface area (Å²) in [4.78, 5) is 4.41. The molecule has 0 amide bonds. The molecule has 3 heterocycles. The second kappa shape index (κ2) is 7.86. The van der Waals surface area contributed by atoms with Gasteiger partial charge in [-0.1, -0.05) is 0 Å². The zero-order valence-corrected chi connectivity index (χ0v) is 16.9. The van der Waals surface area contributed by atoms with E-state index >= 15 is 0 Å². The van der Waals surface area contributed by atoms with Crippen LogP contribution in [0, 0.1) is 11.7 Å². The monoisotopic (exact) mass is 425 g/mol. The average Bonchev–Trinajstić information content (AvgIpc) is 3.25. The Hall–Kier alpha value is -1.88. The van der Waals surface area contributed by atoms with Crippen LogP contribution in [0.2, 0.25) is 0 Å². The van der Waals surface area contributed by atoms with Gasteiger partial charge in [-0.15, -0.1) is 0 Å². The van der Waals surface area contributed by atoms with Gasteiger partial charge in [-0.25, -0.2) is 9.37 Å². The summed E-state index contributed by atoms with van der Waals surface area (Å²) in [5.74, 6) is 0.667. The Bertz CT molecular complexity index is 1090. The van der Waals surface area contributed by atoms with E-state index in [-0.39, 0.29) is 12.4 Å². The van der Waals surface area contributed by atoms with Gasteiger partial charge >= 0.3 is 0 Å². The van der Waals surface area contributed by atoms with Gasteiger partial charge in [0.15, 0.2) is 5.82 Å². The summed E-state index contributed by atoms with van der Waals surface area (Å²) in [5.41, 5.74) is 1.59. The molecular weight excluding hydrogens is 405 g/mol. The topological polar surface area (TPSA) is 83.3 Å². The normalized spacial score (nSPS) is 16.1. The number of hydrogen-bond acceptors (Lipinski definition) is 7. The number of halogens is 1. The van der Waals surface area contributed by atoms with E-state index in [9.17, 15) is 12.8 Å². The van der Waals surface area contributed by atoms with E-state index in [2.05, 4.69) is 13.9 Å². The van der Waals surface area contributed by atoms with Crippen LogP contribution >= 0.6 is 11.5 Å². The minimum atomic E-state index is -3.55. The van der Waals surface area contributed by atoms with Gasteiger partial charge in [0.05, 0.1) is 11.8 Å². The summed E-state index contributed by atoms with van der Waals surface area (Å²) in [7, 11) is -3.55. The van der Waals surface area contributed by atoms with E-state index in [1.807, 2.05) is 6.20 Å². The van der Waals surface area contributed by atoms with Crippen LogP contribution in [0.4, 0.5) is 4.39 Å². The fraction of sp³-hybridized carbons (Fsp3) is 0.444. The number of aromatic nitrogens is 3. The van der Waals surface area contributed by atoms with Crippen molar-refractivity contribution in [1.82, 2.24) is 13.9 Å². The number of benzene rings is 1. The summed E-state index contributed by atoms with van der Waals surface area (Å²) in [6, 6.07) is 4.68. The fourth-order valence-corrected chi connectivity index (χ4v) is 4.35. The van der Waals surface area contributed by atoms with Crippen molar-refractivity contribution in [3.63, 3.8) is 0 Å². The molecule has 0 spiro atoms. The lowest BCUT2D eigenvalue weighted by Crippen LogP contribution is -2.20. The molecule has 1 saturated heterocycles. The van der Waals surface area contributed by atoms with E-state index in [4.69, 9.17) is 8.92 Å². The van der Waals surface area contributed by atoms with Crippen LogP contribution < -0.4 is 0 Å². The highest BCUT2D eigenvalue weighted by Crippen LogP contribution is 2.32. The summed E-state index contributed by atoms with van der Waals surface area (Å²) in [6.07, 6.45) is 4.90. The molecule has 1 aliphatic heterocycles. The molecule has 0 saturated carbocycles. The highest BCUT2D eigenvalue weighted by Gasteiger charge is 2.19. The first-order valence-electron chi connectivity index (χ1n) is 8.92. The third kappa shape index (κ3) is 4.40. The minimum Gasteiger partial charge on any atom is -0.381 e. The molecule has 0 aliphatic carbocycles. The Kier molecular flexibility index (Phi) is 5.46. The van der Waals surface area contributed by atoms with Crippen molar-refractivity contribution in [3.8, 4) is 11.4 Å².